The molecule has 77 heavy (non-hydrogen) atoms. The number of rotatable bonds is 0. The molecule has 0 aliphatic carbocycles. The fraction of sp³-hybridized carbons (Fsp3) is 0.250. The van der Waals surface area contributed by atoms with E-state index in [1.165, 1.54) is 0 Å². The first-order chi connectivity index (χ1) is 36.1. The van der Waals surface area contributed by atoms with Crippen molar-refractivity contribution in [1.82, 2.24) is 0 Å². The molecule has 0 spiro atoms. The Labute approximate surface area is 452 Å². The van der Waals surface area contributed by atoms with Crippen molar-refractivity contribution in [2.45, 2.75) is 80.5 Å². The van der Waals surface area contributed by atoms with Crippen LogP contribution in [-0.2, 0) is 149 Å². The van der Waals surface area contributed by atoms with Crippen molar-refractivity contribution in [3.8, 4) is 0 Å². The van der Waals surface area contributed by atoms with Crippen molar-refractivity contribution in [2.75, 3.05) is 0 Å². The normalized spacial score (nSPS) is 19.6. The van der Waals surface area contributed by atoms with Crippen LogP contribution in [0.2, 0.25) is 0 Å². The summed E-state index contributed by atoms with van der Waals surface area (Å²) in [6.07, 6.45) is 0. The van der Waals surface area contributed by atoms with Crippen LogP contribution < -0.4 is 0 Å². The number of hydrogen-bond donors (Lipinski definition) is 0. The highest BCUT2D eigenvalue weighted by Crippen LogP contribution is 2.23. The molecule has 7 aromatic rings. The van der Waals surface area contributed by atoms with E-state index in [0.29, 0.717) is 77.9 Å². The summed E-state index contributed by atoms with van der Waals surface area (Å²) in [5, 5.41) is 0. The summed E-state index contributed by atoms with van der Waals surface area (Å²) in [5.74, 6) is -4.45. The van der Waals surface area contributed by atoms with Gasteiger partial charge in [-0.3, -0.25) is 0 Å². The van der Waals surface area contributed by atoms with Gasteiger partial charge in [0, 0.05) is 0 Å². The molecule has 0 amide bonds. The third kappa shape index (κ3) is 18.1. The van der Waals surface area contributed by atoms with Crippen LogP contribution in [0.3, 0.4) is 0 Å². The molecule has 7 aromatic carbocycles. The van der Waals surface area contributed by atoms with E-state index in [4.69, 9.17) is 0 Å². The third-order valence-electron chi connectivity index (χ3n) is 12.6. The van der Waals surface area contributed by atoms with Crippen LogP contribution in [0.5, 0.6) is 0 Å². The van der Waals surface area contributed by atoms with Gasteiger partial charge in [-0.05, 0) is 77.9 Å². The number of sulfone groups is 7. The fourth-order valence-electron chi connectivity index (χ4n) is 9.03. The molecular weight excluding hydrogens is 1120 g/mol. The average molecular weight is 1180 g/mol. The highest BCUT2D eigenvalue weighted by Gasteiger charge is 2.22. The third-order valence-corrected chi connectivity index (χ3v) is 23.4. The average Bonchev–Trinajstić information content (AvgIpc) is 3.32. The Morgan fingerprint density at radius 2 is 0.182 bits per heavy atom. The van der Waals surface area contributed by atoms with E-state index < -0.39 is 68.9 Å². The lowest BCUT2D eigenvalue weighted by atomic mass is 10.2. The standard InChI is InChI=1S/C56H56O14S7/c57-71(58)29-43-1-2-44(4-3-43)30-72(59,60)32-46-9-11-48(12-10-46)34-74(63,64)36-50-17-19-52(20-18-50)38-76(67,68)40-54-25-27-56(28-26-54)42-77(69,70)41-55-23-21-53(22-24-55)39-75(65,66)37-51-15-13-49(14-16-51)35-73(61,62)33-47-7-5-45(31-71)6-8-47/h1-28H,29-42H2. The van der Waals surface area contributed by atoms with Crippen molar-refractivity contribution >= 4 is 68.9 Å². The Balaban J connectivity index is 0.957. The van der Waals surface area contributed by atoms with Crippen molar-refractivity contribution in [3.63, 3.8) is 0 Å². The van der Waals surface area contributed by atoms with Gasteiger partial charge >= 0.3 is 0 Å². The van der Waals surface area contributed by atoms with Gasteiger partial charge in [-0.25, -0.2) is 58.9 Å². The molecule has 14 nitrogen and oxygen atoms in total. The van der Waals surface area contributed by atoms with Gasteiger partial charge < -0.3 is 0 Å². The zero-order valence-electron chi connectivity index (χ0n) is 41.6. The van der Waals surface area contributed by atoms with Crippen molar-refractivity contribution < 1.29 is 58.9 Å². The molecule has 0 N–H and O–H groups in total. The molecule has 0 radical (unpaired) electrons. The molecule has 0 unspecified atom stereocenters. The first-order valence-corrected chi connectivity index (χ1v) is 36.8. The SMILES string of the molecule is O=S1(=O)Cc2ccc(cc2)CS(=O)(=O)Cc2ccc(cc2)CS(=O)(=O)Cc2ccc(cc2)CS(=O)(=O)Cc2ccc(cc2)CS(=O)(=O)Cc2ccc(cc2)CS(=O)(=O)Cc2ccc(cc2)CS(=O)(=O)Cc2ccc(cc2)C1. The van der Waals surface area contributed by atoms with E-state index in [1.54, 1.807) is 170 Å². The first kappa shape index (κ1) is 57.4. The molecule has 14 bridgehead atoms. The molecule has 8 aliphatic rings. The second kappa shape index (κ2) is 23.3. The van der Waals surface area contributed by atoms with Crippen LogP contribution in [0, 0.1) is 0 Å². The second-order valence-electron chi connectivity index (χ2n) is 19.9. The van der Waals surface area contributed by atoms with Gasteiger partial charge in [0.05, 0.1) is 80.5 Å². The molecule has 8 aliphatic heterocycles. The Kier molecular flexibility index (Phi) is 17.3. The minimum Gasteiger partial charge on any atom is -0.228 e. The summed E-state index contributed by atoms with van der Waals surface area (Å²) in [4.78, 5) is 0. The number of benzene rings is 7. The Morgan fingerprint density at radius 1 is 0.130 bits per heavy atom. The minimum absolute atomic E-state index is 0.318. The Bertz CT molecular complexity index is 3080. The maximum absolute atomic E-state index is 13.2. The fourth-order valence-corrected chi connectivity index (χ4v) is 19.6. The summed E-state index contributed by atoms with van der Waals surface area (Å²) in [6.45, 7) is 0. The van der Waals surface area contributed by atoms with E-state index >= 15 is 0 Å². The lowest BCUT2D eigenvalue weighted by Gasteiger charge is -2.10. The molecule has 0 saturated heterocycles. The van der Waals surface area contributed by atoms with Crippen LogP contribution >= 0.6 is 0 Å². The monoisotopic (exact) mass is 1180 g/mol. The van der Waals surface area contributed by atoms with Gasteiger partial charge in [-0.2, -0.15) is 0 Å². The van der Waals surface area contributed by atoms with Crippen LogP contribution in [0.15, 0.2) is 170 Å². The van der Waals surface area contributed by atoms with E-state index in [1.807, 2.05) is 0 Å². The van der Waals surface area contributed by atoms with Gasteiger partial charge in [0.15, 0.2) is 68.9 Å². The minimum atomic E-state index is -3.70. The first-order valence-electron chi connectivity index (χ1n) is 24.1. The van der Waals surface area contributed by atoms with E-state index in [-0.39, 0.29) is 80.5 Å². The summed E-state index contributed by atoms with van der Waals surface area (Å²) in [7, 11) is -25.9. The summed E-state index contributed by atoms with van der Waals surface area (Å²) >= 11 is 0. The number of fused-ring (bicyclic) bond motifs is 7. The van der Waals surface area contributed by atoms with Crippen molar-refractivity contribution in [3.05, 3.63) is 248 Å². The Hall–Kier alpha value is -5.81. The molecule has 0 saturated carbocycles. The van der Waals surface area contributed by atoms with Crippen LogP contribution in [0.4, 0.5) is 0 Å². The molecular formula is C56H56O14S7. The van der Waals surface area contributed by atoms with Gasteiger partial charge in [0.25, 0.3) is 0 Å². The van der Waals surface area contributed by atoms with E-state index in [0.717, 1.165) is 0 Å². The maximum atomic E-state index is 13.2. The zero-order valence-corrected chi connectivity index (χ0v) is 47.4. The van der Waals surface area contributed by atoms with Gasteiger partial charge in [-0.15, -0.1) is 0 Å². The molecule has 15 rings (SSSR count). The highest BCUT2D eigenvalue weighted by molar-refractivity contribution is 7.91. The summed E-state index contributed by atoms with van der Waals surface area (Å²) in [5.41, 5.74) is 6.33. The smallest absolute Gasteiger partial charge is 0.158 e. The highest BCUT2D eigenvalue weighted by atomic mass is 32.2. The lowest BCUT2D eigenvalue weighted by Crippen LogP contribution is -2.10. The van der Waals surface area contributed by atoms with Crippen molar-refractivity contribution in [2.24, 2.45) is 0 Å². The summed E-state index contributed by atoms with van der Waals surface area (Å²) in [6, 6.07) is 43.6. The van der Waals surface area contributed by atoms with Gasteiger partial charge in [0.1, 0.15) is 0 Å². The maximum Gasteiger partial charge on any atom is 0.158 e. The molecule has 0 fully saturated rings. The second-order valence-corrected chi connectivity index (χ2v) is 34.4. The quantitative estimate of drug-likeness (QED) is 0.141. The van der Waals surface area contributed by atoms with Crippen molar-refractivity contribution in [1.29, 1.82) is 0 Å². The Morgan fingerprint density at radius 3 is 0.234 bits per heavy atom. The lowest BCUT2D eigenvalue weighted by molar-refractivity contribution is 0.592. The van der Waals surface area contributed by atoms with Crippen LogP contribution in [0.25, 0.3) is 0 Å². The molecule has 406 valence electrons. The molecule has 0 aromatic heterocycles. The van der Waals surface area contributed by atoms with E-state index in [2.05, 4.69) is 0 Å². The number of hydrogen-bond acceptors (Lipinski definition) is 14. The van der Waals surface area contributed by atoms with Crippen LogP contribution in [-0.4, -0.2) is 58.9 Å². The predicted molar refractivity (Wildman–Crippen MR) is 299 cm³/mol. The van der Waals surface area contributed by atoms with Gasteiger partial charge in [0.2, 0.25) is 0 Å². The largest absolute Gasteiger partial charge is 0.228 e. The summed E-state index contributed by atoms with van der Waals surface area (Å²) < 4.78 is 185. The predicted octanol–water partition coefficient (Wildman–Crippen LogP) is 7.81. The zero-order chi connectivity index (χ0) is 55.3. The molecule has 21 heteroatoms. The molecule has 8 heterocycles. The van der Waals surface area contributed by atoms with Crippen LogP contribution in [0.1, 0.15) is 77.9 Å². The topological polar surface area (TPSA) is 239 Å². The van der Waals surface area contributed by atoms with E-state index in [9.17, 15) is 58.9 Å². The van der Waals surface area contributed by atoms with Gasteiger partial charge in [-0.1, -0.05) is 170 Å². The molecule has 0 atom stereocenters.